The Balaban J connectivity index is 1.75. The van der Waals surface area contributed by atoms with E-state index in [0.717, 1.165) is 24.1 Å². The molecule has 2 heterocycles. The lowest BCUT2D eigenvalue weighted by Gasteiger charge is -2.31. The first kappa shape index (κ1) is 16.7. The molecular weight excluding hydrogens is 355 g/mol. The number of hydrogen-bond donors (Lipinski definition) is 1. The molecule has 1 aliphatic heterocycles. The van der Waals surface area contributed by atoms with Crippen LogP contribution in [-0.4, -0.2) is 24.1 Å². The van der Waals surface area contributed by atoms with E-state index in [1.54, 1.807) is 12.1 Å². The first-order valence-corrected chi connectivity index (χ1v) is 8.92. The molecule has 0 unspecified atom stereocenters. The average molecular weight is 371 g/mol. The van der Waals surface area contributed by atoms with Crippen molar-refractivity contribution in [2.45, 2.75) is 19.8 Å². The summed E-state index contributed by atoms with van der Waals surface area (Å²) in [6, 6.07) is 5.27. The second-order valence-electron chi connectivity index (χ2n) is 5.79. The van der Waals surface area contributed by atoms with Crippen molar-refractivity contribution in [3.05, 3.63) is 33.6 Å². The molecule has 122 valence electrons. The first-order chi connectivity index (χ1) is 11.0. The fraction of sp³-hybridized carbons (Fsp3) is 0.375. The Morgan fingerprint density at radius 1 is 1.35 bits per heavy atom. The van der Waals surface area contributed by atoms with Gasteiger partial charge < -0.3 is 10.1 Å². The van der Waals surface area contributed by atoms with E-state index in [1.807, 2.05) is 18.4 Å². The number of aromatic nitrogens is 1. The van der Waals surface area contributed by atoms with Crippen LogP contribution in [0.1, 0.15) is 19.8 Å². The maximum atomic E-state index is 12.5. The molecule has 2 aromatic rings. The highest BCUT2D eigenvalue weighted by Crippen LogP contribution is 2.34. The molecule has 1 amide bonds. The van der Waals surface area contributed by atoms with E-state index >= 15 is 0 Å². The number of rotatable bonds is 3. The molecule has 0 bridgehead atoms. The molecular formula is C16H16Cl2N2O2S. The van der Waals surface area contributed by atoms with Gasteiger partial charge in [-0.1, -0.05) is 30.1 Å². The first-order valence-electron chi connectivity index (χ1n) is 7.28. The maximum absolute atomic E-state index is 12.5. The molecule has 0 atom stereocenters. The second-order valence-corrected chi connectivity index (χ2v) is 7.49. The van der Waals surface area contributed by atoms with Crippen LogP contribution in [0.2, 0.25) is 10.0 Å². The van der Waals surface area contributed by atoms with Gasteiger partial charge in [0.2, 0.25) is 5.91 Å². The predicted molar refractivity (Wildman–Crippen MR) is 94.4 cm³/mol. The number of nitrogens with one attached hydrogen (secondary N) is 1. The highest BCUT2D eigenvalue weighted by atomic mass is 35.5. The Bertz CT molecular complexity index is 727. The lowest BCUT2D eigenvalue weighted by atomic mass is 9.81. The van der Waals surface area contributed by atoms with Gasteiger partial charge in [-0.15, -0.1) is 11.3 Å². The number of thiazole rings is 1. The van der Waals surface area contributed by atoms with Crippen molar-refractivity contribution >= 4 is 45.6 Å². The summed E-state index contributed by atoms with van der Waals surface area (Å²) < 4.78 is 5.33. The molecule has 1 N–H and O–H groups in total. The normalized spacial score (nSPS) is 17.0. The Morgan fingerprint density at radius 2 is 2.09 bits per heavy atom. The van der Waals surface area contributed by atoms with Gasteiger partial charge >= 0.3 is 0 Å². The van der Waals surface area contributed by atoms with Gasteiger partial charge in [0.1, 0.15) is 0 Å². The number of anilines is 1. The largest absolute Gasteiger partial charge is 0.381 e. The molecule has 0 radical (unpaired) electrons. The molecule has 0 aliphatic carbocycles. The van der Waals surface area contributed by atoms with Gasteiger partial charge in [0.25, 0.3) is 0 Å². The number of nitrogens with zero attached hydrogens (tertiary/aromatic N) is 1. The SMILES string of the molecule is CC1(C(=O)Nc2nc(-c3ccc(Cl)cc3Cl)cs2)CCOCC1. The standard InChI is InChI=1S/C16H16Cl2N2O2S/c1-16(4-6-22-7-5-16)14(21)20-15-19-13(9-23-15)11-3-2-10(17)8-12(11)18/h2-3,8-9H,4-7H2,1H3,(H,19,20,21). The van der Waals surface area contributed by atoms with Crippen molar-refractivity contribution in [3.63, 3.8) is 0 Å². The van der Waals surface area contributed by atoms with E-state index in [-0.39, 0.29) is 5.91 Å². The Morgan fingerprint density at radius 3 is 2.78 bits per heavy atom. The van der Waals surface area contributed by atoms with Gasteiger partial charge in [-0.2, -0.15) is 0 Å². The summed E-state index contributed by atoms with van der Waals surface area (Å²) >= 11 is 13.5. The van der Waals surface area contributed by atoms with Gasteiger partial charge in [0.05, 0.1) is 16.1 Å². The fourth-order valence-corrected chi connectivity index (χ4v) is 3.66. The molecule has 1 fully saturated rings. The number of amides is 1. The molecule has 7 heteroatoms. The van der Waals surface area contributed by atoms with Gasteiger partial charge in [0.15, 0.2) is 5.13 Å². The Kier molecular flexibility index (Phi) is 4.92. The summed E-state index contributed by atoms with van der Waals surface area (Å²) in [5.74, 6) is -0.0103. The minimum absolute atomic E-state index is 0.0103. The van der Waals surface area contributed by atoms with Crippen molar-refractivity contribution in [2.24, 2.45) is 5.41 Å². The maximum Gasteiger partial charge on any atom is 0.232 e. The molecule has 1 saturated heterocycles. The number of ether oxygens (including phenoxy) is 1. The second kappa shape index (κ2) is 6.77. The zero-order valence-corrected chi connectivity index (χ0v) is 14.9. The number of halogens is 2. The lowest BCUT2D eigenvalue weighted by Crippen LogP contribution is -2.38. The summed E-state index contributed by atoms with van der Waals surface area (Å²) in [5, 5.41) is 6.48. The van der Waals surface area contributed by atoms with Gasteiger partial charge in [-0.05, 0) is 31.0 Å². The minimum atomic E-state index is -0.401. The van der Waals surface area contributed by atoms with Crippen molar-refractivity contribution in [3.8, 4) is 11.3 Å². The highest BCUT2D eigenvalue weighted by molar-refractivity contribution is 7.14. The van der Waals surface area contributed by atoms with Crippen LogP contribution in [0.3, 0.4) is 0 Å². The average Bonchev–Trinajstić information content (AvgIpc) is 2.96. The summed E-state index contributed by atoms with van der Waals surface area (Å²) in [7, 11) is 0. The van der Waals surface area contributed by atoms with Crippen molar-refractivity contribution < 1.29 is 9.53 Å². The van der Waals surface area contributed by atoms with E-state index in [4.69, 9.17) is 27.9 Å². The molecule has 4 nitrogen and oxygen atoms in total. The van der Waals surface area contributed by atoms with Gasteiger partial charge in [-0.25, -0.2) is 4.98 Å². The number of carbonyl (C=O) groups excluding carboxylic acids is 1. The predicted octanol–water partition coefficient (Wildman–Crippen LogP) is 4.87. The summed E-state index contributed by atoms with van der Waals surface area (Å²) in [6.45, 7) is 3.20. The topological polar surface area (TPSA) is 51.2 Å². The van der Waals surface area contributed by atoms with Gasteiger partial charge in [-0.3, -0.25) is 4.79 Å². The third-order valence-electron chi connectivity index (χ3n) is 4.08. The molecule has 1 aromatic heterocycles. The molecule has 1 aromatic carbocycles. The van der Waals surface area contributed by atoms with Crippen LogP contribution in [0, 0.1) is 5.41 Å². The monoisotopic (exact) mass is 370 g/mol. The van der Waals surface area contributed by atoms with Gasteiger partial charge in [0, 0.05) is 29.2 Å². The quantitative estimate of drug-likeness (QED) is 0.837. The lowest BCUT2D eigenvalue weighted by molar-refractivity contribution is -0.129. The minimum Gasteiger partial charge on any atom is -0.381 e. The van der Waals surface area contributed by atoms with Crippen LogP contribution in [0.4, 0.5) is 5.13 Å². The summed E-state index contributed by atoms with van der Waals surface area (Å²) in [5.41, 5.74) is 1.12. The Labute approximate surface area is 148 Å². The van der Waals surface area contributed by atoms with E-state index in [9.17, 15) is 4.79 Å². The van der Waals surface area contributed by atoms with Crippen LogP contribution < -0.4 is 5.32 Å². The van der Waals surface area contributed by atoms with Crippen molar-refractivity contribution in [1.29, 1.82) is 0 Å². The number of hydrogen-bond acceptors (Lipinski definition) is 4. The zero-order chi connectivity index (χ0) is 16.4. The smallest absolute Gasteiger partial charge is 0.232 e. The summed E-state index contributed by atoms with van der Waals surface area (Å²) in [4.78, 5) is 17.0. The van der Waals surface area contributed by atoms with Crippen LogP contribution in [0.5, 0.6) is 0 Å². The van der Waals surface area contributed by atoms with Crippen molar-refractivity contribution in [2.75, 3.05) is 18.5 Å². The number of carbonyl (C=O) groups is 1. The van der Waals surface area contributed by atoms with Crippen LogP contribution in [0.15, 0.2) is 23.6 Å². The molecule has 3 rings (SSSR count). The zero-order valence-electron chi connectivity index (χ0n) is 12.6. The molecule has 0 saturated carbocycles. The summed E-state index contributed by atoms with van der Waals surface area (Å²) in [6.07, 6.45) is 1.44. The van der Waals surface area contributed by atoms with Crippen LogP contribution in [-0.2, 0) is 9.53 Å². The third-order valence-corrected chi connectivity index (χ3v) is 5.38. The molecule has 1 aliphatic rings. The third kappa shape index (κ3) is 3.69. The Hall–Kier alpha value is -1.14. The highest BCUT2D eigenvalue weighted by Gasteiger charge is 2.35. The van der Waals surface area contributed by atoms with Crippen molar-refractivity contribution in [1.82, 2.24) is 4.98 Å². The van der Waals surface area contributed by atoms with E-state index in [2.05, 4.69) is 10.3 Å². The van der Waals surface area contributed by atoms with E-state index in [1.165, 1.54) is 11.3 Å². The number of benzene rings is 1. The van der Waals surface area contributed by atoms with E-state index < -0.39 is 5.41 Å². The molecule has 23 heavy (non-hydrogen) atoms. The van der Waals surface area contributed by atoms with Crippen LogP contribution >= 0.6 is 34.5 Å². The molecule has 0 spiro atoms. The fourth-order valence-electron chi connectivity index (χ4n) is 2.45. The van der Waals surface area contributed by atoms with E-state index in [0.29, 0.717) is 28.4 Å². The van der Waals surface area contributed by atoms with Crippen LogP contribution in [0.25, 0.3) is 11.3 Å².